The van der Waals surface area contributed by atoms with Crippen LogP contribution in [0.25, 0.3) is 0 Å². The van der Waals surface area contributed by atoms with Gasteiger partial charge in [-0.15, -0.1) is 0 Å². The lowest BCUT2D eigenvalue weighted by Crippen LogP contribution is -2.11. The van der Waals surface area contributed by atoms with Crippen LogP contribution in [0, 0.1) is 5.92 Å². The number of allylic oxidation sites excluding steroid dienone is 1. The van der Waals surface area contributed by atoms with Gasteiger partial charge in [0.15, 0.2) is 0 Å². The molecule has 0 aromatic heterocycles. The van der Waals surface area contributed by atoms with Gasteiger partial charge < -0.3 is 9.47 Å². The van der Waals surface area contributed by atoms with E-state index in [1.165, 1.54) is 31.2 Å². The number of methoxy groups -OCH3 is 1. The van der Waals surface area contributed by atoms with E-state index in [0.29, 0.717) is 0 Å². The van der Waals surface area contributed by atoms with Crippen molar-refractivity contribution in [2.75, 3.05) is 20.3 Å². The van der Waals surface area contributed by atoms with Crippen LogP contribution in [0.5, 0.6) is 5.75 Å². The molecule has 20 heavy (non-hydrogen) atoms. The quantitative estimate of drug-likeness (QED) is 0.708. The van der Waals surface area contributed by atoms with Gasteiger partial charge in [-0.3, -0.25) is 0 Å². The average molecular weight is 274 g/mol. The molecule has 0 amide bonds. The molecule has 1 saturated carbocycles. The Balaban J connectivity index is 1.83. The molecule has 2 rings (SSSR count). The SMILES string of the molecule is CCOc1ccc([C@H]2CC[C@H](/C=C/COC)CC2)cc1. The van der Waals surface area contributed by atoms with Crippen molar-refractivity contribution >= 4 is 0 Å². The molecule has 1 aromatic carbocycles. The van der Waals surface area contributed by atoms with Gasteiger partial charge >= 0.3 is 0 Å². The van der Waals surface area contributed by atoms with E-state index in [-0.39, 0.29) is 0 Å². The first kappa shape index (κ1) is 15.1. The summed E-state index contributed by atoms with van der Waals surface area (Å²) in [7, 11) is 1.74. The molecular weight excluding hydrogens is 248 g/mol. The minimum Gasteiger partial charge on any atom is -0.494 e. The molecule has 0 unspecified atom stereocenters. The van der Waals surface area contributed by atoms with Crippen LogP contribution in [-0.4, -0.2) is 20.3 Å². The Labute approximate surface area is 122 Å². The van der Waals surface area contributed by atoms with E-state index in [4.69, 9.17) is 9.47 Å². The smallest absolute Gasteiger partial charge is 0.119 e. The van der Waals surface area contributed by atoms with Crippen molar-refractivity contribution in [2.24, 2.45) is 5.92 Å². The Morgan fingerprint density at radius 2 is 1.80 bits per heavy atom. The van der Waals surface area contributed by atoms with Crippen LogP contribution in [0.3, 0.4) is 0 Å². The van der Waals surface area contributed by atoms with Gasteiger partial charge in [-0.2, -0.15) is 0 Å². The Morgan fingerprint density at radius 1 is 1.10 bits per heavy atom. The van der Waals surface area contributed by atoms with Crippen molar-refractivity contribution in [2.45, 2.75) is 38.5 Å². The fourth-order valence-electron chi connectivity index (χ4n) is 2.99. The number of benzene rings is 1. The van der Waals surface area contributed by atoms with Crippen molar-refractivity contribution in [1.82, 2.24) is 0 Å². The van der Waals surface area contributed by atoms with Crippen molar-refractivity contribution in [3.63, 3.8) is 0 Å². The Hall–Kier alpha value is -1.28. The normalized spacial score (nSPS) is 23.1. The molecule has 1 aromatic rings. The van der Waals surface area contributed by atoms with E-state index in [1.54, 1.807) is 7.11 Å². The Bertz CT molecular complexity index is 400. The standard InChI is InChI=1S/C18H26O2/c1-3-20-18-12-10-17(11-13-18)16-8-6-15(7-9-16)5-4-14-19-2/h4-5,10-13,15-16H,3,6-9,14H2,1-2H3/b5-4+/t15-,16-. The van der Waals surface area contributed by atoms with Gasteiger partial charge in [-0.25, -0.2) is 0 Å². The largest absolute Gasteiger partial charge is 0.494 e. The van der Waals surface area contributed by atoms with Crippen molar-refractivity contribution < 1.29 is 9.47 Å². The van der Waals surface area contributed by atoms with E-state index < -0.39 is 0 Å². The number of rotatable bonds is 6. The maximum atomic E-state index is 5.50. The van der Waals surface area contributed by atoms with Crippen molar-refractivity contribution in [1.29, 1.82) is 0 Å². The highest BCUT2D eigenvalue weighted by Gasteiger charge is 2.20. The lowest BCUT2D eigenvalue weighted by Gasteiger charge is -2.27. The average Bonchev–Trinajstić information content (AvgIpc) is 2.49. The van der Waals surface area contributed by atoms with Crippen molar-refractivity contribution in [3.05, 3.63) is 42.0 Å². The lowest BCUT2D eigenvalue weighted by molar-refractivity contribution is 0.233. The monoisotopic (exact) mass is 274 g/mol. The fourth-order valence-corrected chi connectivity index (χ4v) is 2.99. The molecule has 0 radical (unpaired) electrons. The second-order valence-corrected chi connectivity index (χ2v) is 5.50. The predicted octanol–water partition coefficient (Wildman–Crippen LogP) is 4.56. The Kier molecular flexibility index (Phi) is 6.13. The molecule has 1 fully saturated rings. The summed E-state index contributed by atoms with van der Waals surface area (Å²) in [6.45, 7) is 3.49. The zero-order valence-corrected chi connectivity index (χ0v) is 12.7. The molecule has 0 saturated heterocycles. The maximum Gasteiger partial charge on any atom is 0.119 e. The third-order valence-corrected chi connectivity index (χ3v) is 4.11. The summed E-state index contributed by atoms with van der Waals surface area (Å²) in [4.78, 5) is 0. The molecule has 1 aliphatic rings. The second-order valence-electron chi connectivity index (χ2n) is 5.50. The summed E-state index contributed by atoms with van der Waals surface area (Å²) < 4.78 is 10.6. The minimum atomic E-state index is 0.720. The van der Waals surface area contributed by atoms with Gasteiger partial charge in [0.25, 0.3) is 0 Å². The van der Waals surface area contributed by atoms with Gasteiger partial charge in [-0.1, -0.05) is 24.3 Å². The maximum absolute atomic E-state index is 5.50. The third kappa shape index (κ3) is 4.38. The van der Waals surface area contributed by atoms with E-state index in [1.807, 2.05) is 6.92 Å². The summed E-state index contributed by atoms with van der Waals surface area (Å²) in [5.41, 5.74) is 1.47. The van der Waals surface area contributed by atoms with Crippen LogP contribution in [-0.2, 0) is 4.74 Å². The van der Waals surface area contributed by atoms with Crippen LogP contribution in [0.2, 0.25) is 0 Å². The molecule has 0 spiro atoms. The molecular formula is C18H26O2. The molecule has 0 N–H and O–H groups in total. The van der Waals surface area contributed by atoms with Gasteiger partial charge in [0.1, 0.15) is 5.75 Å². The van der Waals surface area contributed by atoms with Crippen LogP contribution < -0.4 is 4.74 Å². The zero-order chi connectivity index (χ0) is 14.2. The first-order valence-corrected chi connectivity index (χ1v) is 7.71. The van der Waals surface area contributed by atoms with Crippen LogP contribution in [0.4, 0.5) is 0 Å². The predicted molar refractivity (Wildman–Crippen MR) is 83.3 cm³/mol. The summed E-state index contributed by atoms with van der Waals surface area (Å²) in [6, 6.07) is 8.67. The fraction of sp³-hybridized carbons (Fsp3) is 0.556. The van der Waals surface area contributed by atoms with Gasteiger partial charge in [0.2, 0.25) is 0 Å². The summed E-state index contributed by atoms with van der Waals surface area (Å²) in [6.07, 6.45) is 9.64. The van der Waals surface area contributed by atoms with Crippen LogP contribution >= 0.6 is 0 Å². The molecule has 110 valence electrons. The second kappa shape index (κ2) is 8.11. The van der Waals surface area contributed by atoms with Gasteiger partial charge in [-0.05, 0) is 62.1 Å². The van der Waals surface area contributed by atoms with E-state index >= 15 is 0 Å². The Morgan fingerprint density at radius 3 is 2.40 bits per heavy atom. The molecule has 1 aliphatic carbocycles. The first-order chi connectivity index (χ1) is 9.83. The molecule has 0 aliphatic heterocycles. The minimum absolute atomic E-state index is 0.720. The summed E-state index contributed by atoms with van der Waals surface area (Å²) >= 11 is 0. The molecule has 0 heterocycles. The van der Waals surface area contributed by atoms with Gasteiger partial charge in [0.05, 0.1) is 13.2 Å². The highest BCUT2D eigenvalue weighted by atomic mass is 16.5. The highest BCUT2D eigenvalue weighted by molar-refractivity contribution is 5.29. The molecule has 2 nitrogen and oxygen atoms in total. The van der Waals surface area contributed by atoms with E-state index in [0.717, 1.165) is 30.8 Å². The van der Waals surface area contributed by atoms with E-state index in [2.05, 4.69) is 36.4 Å². The van der Waals surface area contributed by atoms with Gasteiger partial charge in [0, 0.05) is 7.11 Å². The number of hydrogen-bond donors (Lipinski definition) is 0. The van der Waals surface area contributed by atoms with Crippen LogP contribution in [0.1, 0.15) is 44.1 Å². The molecule has 0 atom stereocenters. The third-order valence-electron chi connectivity index (χ3n) is 4.11. The zero-order valence-electron chi connectivity index (χ0n) is 12.7. The summed E-state index contributed by atoms with van der Waals surface area (Å²) in [5, 5.41) is 0. The number of ether oxygens (including phenoxy) is 2. The molecule has 0 bridgehead atoms. The van der Waals surface area contributed by atoms with Crippen LogP contribution in [0.15, 0.2) is 36.4 Å². The highest BCUT2D eigenvalue weighted by Crippen LogP contribution is 2.36. The first-order valence-electron chi connectivity index (χ1n) is 7.71. The van der Waals surface area contributed by atoms with Crippen molar-refractivity contribution in [3.8, 4) is 5.75 Å². The summed E-state index contributed by atoms with van der Waals surface area (Å²) in [5.74, 6) is 2.44. The number of hydrogen-bond acceptors (Lipinski definition) is 2. The molecule has 2 heteroatoms. The topological polar surface area (TPSA) is 18.5 Å². The van der Waals surface area contributed by atoms with E-state index in [9.17, 15) is 0 Å². The lowest BCUT2D eigenvalue weighted by atomic mass is 9.78.